The molecule has 1 saturated heterocycles. The number of carbonyl (C=O) groups excluding carboxylic acids is 1. The number of hydroxylamine groups is 1. The first kappa shape index (κ1) is 18.5. The summed E-state index contributed by atoms with van der Waals surface area (Å²) in [6.07, 6.45) is 8.58. The molecule has 1 amide bonds. The van der Waals surface area contributed by atoms with Crippen LogP contribution in [-0.2, 0) is 11.2 Å². The topological polar surface area (TPSA) is 68.4 Å². The fraction of sp³-hybridized carbons (Fsp3) is 0.261. The van der Waals surface area contributed by atoms with Crippen molar-refractivity contribution < 1.29 is 10.0 Å². The number of nitrogens with one attached hydrogen (secondary N) is 2. The average Bonchev–Trinajstić information content (AvgIpc) is 3.37. The number of likely N-dealkylation sites (tertiary alicyclic amines) is 1. The lowest BCUT2D eigenvalue weighted by Crippen LogP contribution is -2.25. The highest BCUT2D eigenvalue weighted by Crippen LogP contribution is 2.32. The zero-order valence-corrected chi connectivity index (χ0v) is 15.8. The molecule has 1 fully saturated rings. The van der Waals surface area contributed by atoms with Gasteiger partial charge in [-0.3, -0.25) is 14.9 Å². The smallest absolute Gasteiger partial charge is 0.267 e. The molecule has 28 heavy (non-hydrogen) atoms. The molecule has 1 aromatic heterocycles. The van der Waals surface area contributed by atoms with Gasteiger partial charge in [-0.25, -0.2) is 5.48 Å². The minimum Gasteiger partial charge on any atom is -0.361 e. The molecule has 1 unspecified atom stereocenters. The summed E-state index contributed by atoms with van der Waals surface area (Å²) in [7, 11) is 0. The van der Waals surface area contributed by atoms with Gasteiger partial charge < -0.3 is 4.98 Å². The molecular formula is C23H25N3O2. The summed E-state index contributed by atoms with van der Waals surface area (Å²) in [5, 5.41) is 9.87. The van der Waals surface area contributed by atoms with E-state index in [1.165, 1.54) is 40.9 Å². The molecule has 1 aliphatic rings. The predicted molar refractivity (Wildman–Crippen MR) is 111 cm³/mol. The number of aromatic amines is 1. The van der Waals surface area contributed by atoms with Gasteiger partial charge in [0.1, 0.15) is 0 Å². The Morgan fingerprint density at radius 2 is 2.04 bits per heavy atom. The van der Waals surface area contributed by atoms with Gasteiger partial charge in [-0.2, -0.15) is 0 Å². The number of rotatable bonds is 6. The van der Waals surface area contributed by atoms with E-state index in [4.69, 9.17) is 5.21 Å². The Morgan fingerprint density at radius 1 is 1.21 bits per heavy atom. The Hall–Kier alpha value is -2.89. The monoisotopic (exact) mass is 375 g/mol. The van der Waals surface area contributed by atoms with Gasteiger partial charge in [-0.1, -0.05) is 42.5 Å². The second-order valence-corrected chi connectivity index (χ2v) is 7.28. The maximum Gasteiger partial charge on any atom is 0.267 e. The van der Waals surface area contributed by atoms with Gasteiger partial charge in [0, 0.05) is 35.8 Å². The quantitative estimate of drug-likeness (QED) is 0.346. The van der Waals surface area contributed by atoms with E-state index in [-0.39, 0.29) is 0 Å². The molecule has 3 aromatic rings. The summed E-state index contributed by atoms with van der Waals surface area (Å²) in [6, 6.07) is 17.2. The number of aromatic nitrogens is 1. The Bertz CT molecular complexity index is 975. The molecule has 0 saturated carbocycles. The summed E-state index contributed by atoms with van der Waals surface area (Å²) in [6.45, 7) is 2.18. The fourth-order valence-electron chi connectivity index (χ4n) is 4.11. The van der Waals surface area contributed by atoms with Crippen molar-refractivity contribution in [2.75, 3.05) is 13.1 Å². The Kier molecular flexibility index (Phi) is 5.55. The van der Waals surface area contributed by atoms with Crippen LogP contribution in [0.1, 0.15) is 35.6 Å². The molecule has 1 aliphatic heterocycles. The predicted octanol–water partition coefficient (Wildman–Crippen LogP) is 4.07. The van der Waals surface area contributed by atoms with Crippen LogP contribution in [0.5, 0.6) is 0 Å². The first-order valence-corrected chi connectivity index (χ1v) is 9.76. The van der Waals surface area contributed by atoms with E-state index in [1.807, 2.05) is 12.1 Å². The number of amides is 1. The van der Waals surface area contributed by atoms with Crippen LogP contribution in [0.25, 0.3) is 17.0 Å². The van der Waals surface area contributed by atoms with Crippen LogP contribution in [0.3, 0.4) is 0 Å². The molecule has 2 heterocycles. The van der Waals surface area contributed by atoms with Crippen LogP contribution >= 0.6 is 0 Å². The second-order valence-electron chi connectivity index (χ2n) is 7.28. The summed E-state index contributed by atoms with van der Waals surface area (Å²) in [5.41, 5.74) is 6.44. The van der Waals surface area contributed by atoms with Gasteiger partial charge in [0.2, 0.25) is 0 Å². The summed E-state index contributed by atoms with van der Waals surface area (Å²) in [5.74, 6) is -0.525. The molecule has 0 aliphatic carbocycles. The largest absolute Gasteiger partial charge is 0.361 e. The van der Waals surface area contributed by atoms with E-state index < -0.39 is 5.91 Å². The summed E-state index contributed by atoms with van der Waals surface area (Å²) >= 11 is 0. The van der Waals surface area contributed by atoms with Gasteiger partial charge in [0.05, 0.1) is 0 Å². The third-order valence-corrected chi connectivity index (χ3v) is 5.57. The number of nitrogens with zero attached hydrogens (tertiary/aromatic N) is 1. The summed E-state index contributed by atoms with van der Waals surface area (Å²) in [4.78, 5) is 17.0. The third kappa shape index (κ3) is 4.01. The molecule has 5 nitrogen and oxygen atoms in total. The zero-order chi connectivity index (χ0) is 19.3. The van der Waals surface area contributed by atoms with Crippen molar-refractivity contribution in [1.29, 1.82) is 0 Å². The van der Waals surface area contributed by atoms with E-state index in [0.29, 0.717) is 6.04 Å². The van der Waals surface area contributed by atoms with E-state index >= 15 is 0 Å². The number of hydrogen-bond acceptors (Lipinski definition) is 3. The van der Waals surface area contributed by atoms with Crippen molar-refractivity contribution in [1.82, 2.24) is 15.4 Å². The van der Waals surface area contributed by atoms with Crippen molar-refractivity contribution in [2.45, 2.75) is 25.3 Å². The molecule has 0 spiro atoms. The number of fused-ring (bicyclic) bond motifs is 1. The molecule has 0 radical (unpaired) electrons. The average molecular weight is 375 g/mol. The van der Waals surface area contributed by atoms with Gasteiger partial charge in [-0.15, -0.1) is 0 Å². The minimum absolute atomic E-state index is 0.448. The molecule has 3 N–H and O–H groups in total. The van der Waals surface area contributed by atoms with Crippen LogP contribution in [-0.4, -0.2) is 34.1 Å². The molecule has 2 aromatic carbocycles. The molecule has 0 bridgehead atoms. The minimum atomic E-state index is -0.525. The Balaban J connectivity index is 1.42. The second kappa shape index (κ2) is 8.42. The number of carbonyl (C=O) groups is 1. The van der Waals surface area contributed by atoms with Crippen LogP contribution in [0.15, 0.2) is 60.8 Å². The maximum atomic E-state index is 11.1. The molecule has 4 rings (SSSR count). The van der Waals surface area contributed by atoms with Crippen molar-refractivity contribution in [3.05, 3.63) is 77.5 Å². The molecule has 5 heteroatoms. The molecule has 1 atom stereocenters. The standard InChI is InChI=1S/C23H25N3O2/c27-23(25-28)12-9-17-7-10-18(11-8-17)22-6-3-14-26(22)15-13-19-16-24-21-5-2-1-4-20(19)21/h1-2,4-5,7-12,16,22,24,28H,3,6,13-15H2,(H,25,27)/b12-9+. The van der Waals surface area contributed by atoms with Crippen molar-refractivity contribution in [2.24, 2.45) is 0 Å². The zero-order valence-electron chi connectivity index (χ0n) is 15.8. The number of H-pyrrole nitrogens is 1. The van der Waals surface area contributed by atoms with Gasteiger partial charge in [0.15, 0.2) is 0 Å². The summed E-state index contributed by atoms with van der Waals surface area (Å²) < 4.78 is 0. The SMILES string of the molecule is O=C(/C=C/c1ccc(C2CCCN2CCc2c[nH]c3ccccc23)cc1)NO. The Labute approximate surface area is 164 Å². The van der Waals surface area contributed by atoms with E-state index in [1.54, 1.807) is 11.6 Å². The van der Waals surface area contributed by atoms with Gasteiger partial charge in [0.25, 0.3) is 5.91 Å². The fourth-order valence-corrected chi connectivity index (χ4v) is 4.11. The normalized spacial score (nSPS) is 17.5. The van der Waals surface area contributed by atoms with E-state index in [2.05, 4.69) is 52.5 Å². The van der Waals surface area contributed by atoms with Crippen LogP contribution in [0.4, 0.5) is 0 Å². The van der Waals surface area contributed by atoms with Crippen molar-refractivity contribution >= 4 is 22.9 Å². The Morgan fingerprint density at radius 3 is 2.86 bits per heavy atom. The lowest BCUT2D eigenvalue weighted by molar-refractivity contribution is -0.124. The number of hydrogen-bond donors (Lipinski definition) is 3. The highest BCUT2D eigenvalue weighted by atomic mass is 16.5. The first-order valence-electron chi connectivity index (χ1n) is 9.76. The number of benzene rings is 2. The van der Waals surface area contributed by atoms with Gasteiger partial charge >= 0.3 is 0 Å². The highest BCUT2D eigenvalue weighted by molar-refractivity contribution is 5.90. The van der Waals surface area contributed by atoms with Crippen molar-refractivity contribution in [3.8, 4) is 0 Å². The van der Waals surface area contributed by atoms with Crippen molar-refractivity contribution in [3.63, 3.8) is 0 Å². The molecule has 144 valence electrons. The number of para-hydroxylation sites is 1. The lowest BCUT2D eigenvalue weighted by atomic mass is 10.0. The lowest BCUT2D eigenvalue weighted by Gasteiger charge is -2.25. The van der Waals surface area contributed by atoms with E-state index in [0.717, 1.165) is 25.1 Å². The maximum absolute atomic E-state index is 11.1. The first-order chi connectivity index (χ1) is 13.7. The molecular weight excluding hydrogens is 350 g/mol. The van der Waals surface area contributed by atoms with Crippen LogP contribution < -0.4 is 5.48 Å². The third-order valence-electron chi connectivity index (χ3n) is 5.57. The van der Waals surface area contributed by atoms with Crippen LogP contribution in [0, 0.1) is 0 Å². The van der Waals surface area contributed by atoms with Crippen LogP contribution in [0.2, 0.25) is 0 Å². The highest BCUT2D eigenvalue weighted by Gasteiger charge is 2.25. The van der Waals surface area contributed by atoms with E-state index in [9.17, 15) is 4.79 Å². The van der Waals surface area contributed by atoms with Gasteiger partial charge in [-0.05, 0) is 54.6 Å².